The Balaban J connectivity index is 3.71. The molecule has 13 heavy (non-hydrogen) atoms. The van der Waals surface area contributed by atoms with Gasteiger partial charge < -0.3 is 10.0 Å². The lowest BCUT2D eigenvalue weighted by Crippen LogP contribution is -2.37. The third-order valence-electron chi connectivity index (χ3n) is 1.87. The number of aliphatic hydroxyl groups is 1. The summed E-state index contributed by atoms with van der Waals surface area (Å²) in [6, 6.07) is 0. The van der Waals surface area contributed by atoms with Crippen LogP contribution in [0.1, 0.15) is 13.3 Å². The second-order valence-electron chi connectivity index (χ2n) is 3.28. The molecule has 0 saturated heterocycles. The van der Waals surface area contributed by atoms with Crippen LogP contribution >= 0.6 is 0 Å². The van der Waals surface area contributed by atoms with Crippen LogP contribution in [0, 0.1) is 0 Å². The zero-order chi connectivity index (χ0) is 10.3. The van der Waals surface area contributed by atoms with E-state index < -0.39 is 0 Å². The number of hydrogen-bond donors (Lipinski definition) is 1. The molecule has 0 bridgehead atoms. The number of aliphatic hydroxyl groups excluding tert-OH is 1. The standard InChI is InChI=1S/C9H20N2O2/c1-4-5-11(3)9(13)8-10(2)6-7-12/h12H,4-8H2,1-3H3. The SMILES string of the molecule is CCCN(C)C(=O)CN(C)CCO. The predicted octanol–water partition coefficient (Wildman–Crippen LogP) is -0.221. The smallest absolute Gasteiger partial charge is 0.236 e. The molecule has 4 nitrogen and oxygen atoms in total. The number of likely N-dealkylation sites (N-methyl/N-ethyl adjacent to an activating group) is 2. The van der Waals surface area contributed by atoms with Gasteiger partial charge in [0.25, 0.3) is 0 Å². The summed E-state index contributed by atoms with van der Waals surface area (Å²) in [5.41, 5.74) is 0. The van der Waals surface area contributed by atoms with Gasteiger partial charge in [-0.2, -0.15) is 0 Å². The van der Waals surface area contributed by atoms with Crippen molar-refractivity contribution in [3.05, 3.63) is 0 Å². The molecule has 0 aromatic rings. The van der Waals surface area contributed by atoms with E-state index in [0.717, 1.165) is 13.0 Å². The van der Waals surface area contributed by atoms with Crippen molar-refractivity contribution in [3.8, 4) is 0 Å². The quantitative estimate of drug-likeness (QED) is 0.626. The van der Waals surface area contributed by atoms with Crippen molar-refractivity contribution in [2.45, 2.75) is 13.3 Å². The largest absolute Gasteiger partial charge is 0.395 e. The van der Waals surface area contributed by atoms with Crippen LogP contribution in [0.4, 0.5) is 0 Å². The Labute approximate surface area is 80.1 Å². The molecule has 0 atom stereocenters. The van der Waals surface area contributed by atoms with Crippen LogP contribution in [0.5, 0.6) is 0 Å². The van der Waals surface area contributed by atoms with Crippen molar-refractivity contribution in [3.63, 3.8) is 0 Å². The molecule has 0 radical (unpaired) electrons. The molecule has 0 aliphatic rings. The molecule has 78 valence electrons. The Morgan fingerprint density at radius 3 is 2.38 bits per heavy atom. The van der Waals surface area contributed by atoms with Gasteiger partial charge in [-0.25, -0.2) is 0 Å². The summed E-state index contributed by atoms with van der Waals surface area (Å²) in [7, 11) is 3.63. The minimum Gasteiger partial charge on any atom is -0.395 e. The third kappa shape index (κ3) is 5.60. The van der Waals surface area contributed by atoms with Gasteiger partial charge in [-0.1, -0.05) is 6.92 Å². The molecule has 0 aliphatic carbocycles. The van der Waals surface area contributed by atoms with Crippen LogP contribution in [-0.4, -0.2) is 61.2 Å². The lowest BCUT2D eigenvalue weighted by Gasteiger charge is -2.20. The van der Waals surface area contributed by atoms with Crippen LogP contribution in [-0.2, 0) is 4.79 Å². The third-order valence-corrected chi connectivity index (χ3v) is 1.87. The van der Waals surface area contributed by atoms with Crippen LogP contribution in [0.2, 0.25) is 0 Å². The van der Waals surface area contributed by atoms with Crippen molar-refractivity contribution in [2.75, 3.05) is 40.3 Å². The molecule has 0 spiro atoms. The first-order valence-corrected chi connectivity index (χ1v) is 4.65. The molecule has 0 aromatic carbocycles. The Bertz CT molecular complexity index is 151. The summed E-state index contributed by atoms with van der Waals surface area (Å²) in [5, 5.41) is 8.62. The Morgan fingerprint density at radius 2 is 1.92 bits per heavy atom. The van der Waals surface area contributed by atoms with E-state index in [1.807, 2.05) is 18.9 Å². The summed E-state index contributed by atoms with van der Waals surface area (Å²) in [6.07, 6.45) is 0.978. The van der Waals surface area contributed by atoms with Crippen molar-refractivity contribution < 1.29 is 9.90 Å². The van der Waals surface area contributed by atoms with Gasteiger partial charge >= 0.3 is 0 Å². The molecule has 0 fully saturated rings. The summed E-state index contributed by atoms with van der Waals surface area (Å²) < 4.78 is 0. The molecule has 0 unspecified atom stereocenters. The zero-order valence-corrected chi connectivity index (χ0v) is 8.79. The van der Waals surface area contributed by atoms with Crippen LogP contribution < -0.4 is 0 Å². The van der Waals surface area contributed by atoms with Crippen molar-refractivity contribution in [2.24, 2.45) is 0 Å². The Kier molecular flexibility index (Phi) is 6.54. The zero-order valence-electron chi connectivity index (χ0n) is 8.79. The van der Waals surface area contributed by atoms with E-state index in [4.69, 9.17) is 5.11 Å². The second kappa shape index (κ2) is 6.86. The minimum atomic E-state index is 0.0985. The van der Waals surface area contributed by atoms with Gasteiger partial charge in [0, 0.05) is 20.1 Å². The maximum Gasteiger partial charge on any atom is 0.236 e. The van der Waals surface area contributed by atoms with E-state index in [2.05, 4.69) is 0 Å². The molecular formula is C9H20N2O2. The summed E-state index contributed by atoms with van der Waals surface area (Å²) in [4.78, 5) is 15.0. The van der Waals surface area contributed by atoms with Gasteiger partial charge in [0.2, 0.25) is 5.91 Å². The highest BCUT2D eigenvalue weighted by molar-refractivity contribution is 5.77. The first kappa shape index (κ1) is 12.4. The number of hydrogen-bond acceptors (Lipinski definition) is 3. The van der Waals surface area contributed by atoms with E-state index in [1.54, 1.807) is 11.9 Å². The van der Waals surface area contributed by atoms with Crippen LogP contribution in [0.3, 0.4) is 0 Å². The molecule has 1 N–H and O–H groups in total. The summed E-state index contributed by atoms with van der Waals surface area (Å²) in [6.45, 7) is 3.87. The normalized spacial score (nSPS) is 10.5. The van der Waals surface area contributed by atoms with Gasteiger partial charge in [-0.05, 0) is 13.5 Å². The van der Waals surface area contributed by atoms with Gasteiger partial charge in [0.1, 0.15) is 0 Å². The molecule has 0 heterocycles. The fourth-order valence-corrected chi connectivity index (χ4v) is 1.06. The monoisotopic (exact) mass is 188 g/mol. The summed E-state index contributed by atoms with van der Waals surface area (Å²) >= 11 is 0. The second-order valence-corrected chi connectivity index (χ2v) is 3.28. The van der Waals surface area contributed by atoms with E-state index >= 15 is 0 Å². The van der Waals surface area contributed by atoms with Crippen molar-refractivity contribution in [1.82, 2.24) is 9.80 Å². The molecule has 0 rings (SSSR count). The highest BCUT2D eigenvalue weighted by Crippen LogP contribution is 1.90. The van der Waals surface area contributed by atoms with Gasteiger partial charge in [0.05, 0.1) is 13.2 Å². The molecule has 1 amide bonds. The van der Waals surface area contributed by atoms with Gasteiger partial charge in [-0.3, -0.25) is 9.69 Å². The lowest BCUT2D eigenvalue weighted by molar-refractivity contribution is -0.130. The average Bonchev–Trinajstić information content (AvgIpc) is 2.05. The predicted molar refractivity (Wildman–Crippen MR) is 52.5 cm³/mol. The maximum atomic E-state index is 11.4. The number of amides is 1. The van der Waals surface area contributed by atoms with Crippen LogP contribution in [0.15, 0.2) is 0 Å². The molecule has 0 saturated carbocycles. The molecule has 0 aromatic heterocycles. The molecule has 4 heteroatoms. The topological polar surface area (TPSA) is 43.8 Å². The number of nitrogens with zero attached hydrogens (tertiary/aromatic N) is 2. The average molecular weight is 188 g/mol. The van der Waals surface area contributed by atoms with Gasteiger partial charge in [0.15, 0.2) is 0 Å². The van der Waals surface area contributed by atoms with Crippen LogP contribution in [0.25, 0.3) is 0 Å². The fourth-order valence-electron chi connectivity index (χ4n) is 1.06. The van der Waals surface area contributed by atoms with E-state index in [9.17, 15) is 4.79 Å². The summed E-state index contributed by atoms with van der Waals surface area (Å²) in [5.74, 6) is 0.109. The van der Waals surface area contributed by atoms with E-state index in [0.29, 0.717) is 13.1 Å². The number of rotatable bonds is 6. The lowest BCUT2D eigenvalue weighted by atomic mass is 10.4. The first-order valence-electron chi connectivity index (χ1n) is 4.65. The minimum absolute atomic E-state index is 0.0985. The van der Waals surface area contributed by atoms with Crippen molar-refractivity contribution in [1.29, 1.82) is 0 Å². The van der Waals surface area contributed by atoms with E-state index in [-0.39, 0.29) is 12.5 Å². The van der Waals surface area contributed by atoms with Crippen molar-refractivity contribution >= 4 is 5.91 Å². The number of carbonyl (C=O) groups is 1. The Morgan fingerprint density at radius 1 is 1.31 bits per heavy atom. The fraction of sp³-hybridized carbons (Fsp3) is 0.889. The highest BCUT2D eigenvalue weighted by atomic mass is 16.3. The van der Waals surface area contributed by atoms with Gasteiger partial charge in [-0.15, -0.1) is 0 Å². The molecular weight excluding hydrogens is 168 g/mol. The first-order chi connectivity index (χ1) is 6.11. The number of carbonyl (C=O) groups excluding carboxylic acids is 1. The highest BCUT2D eigenvalue weighted by Gasteiger charge is 2.09. The maximum absolute atomic E-state index is 11.4. The van der Waals surface area contributed by atoms with E-state index in [1.165, 1.54) is 0 Å². The Hall–Kier alpha value is -0.610. The molecule has 0 aliphatic heterocycles.